The van der Waals surface area contributed by atoms with Crippen molar-refractivity contribution in [3.05, 3.63) is 34.3 Å². The normalized spacial score (nSPS) is 28.2. The molecule has 3 saturated heterocycles. The van der Waals surface area contributed by atoms with Crippen molar-refractivity contribution in [1.29, 1.82) is 0 Å². The number of nitrogens with one attached hydrogen (secondary N) is 4. The first-order chi connectivity index (χ1) is 42.8. The Labute approximate surface area is 539 Å². The number of hydrogen-bond donors (Lipinski definition) is 4. The number of rotatable bonds is 10. The number of amides is 11. The number of nitrogens with zero attached hydrogens (tertiary/aromatic N) is 7. The second-order valence-corrected chi connectivity index (χ2v) is 27.1. The highest BCUT2D eigenvalue weighted by Gasteiger charge is 2.50. The van der Waals surface area contributed by atoms with E-state index in [9.17, 15) is 61.1 Å². The summed E-state index contributed by atoms with van der Waals surface area (Å²) in [5, 5.41) is 11.0. The molecule has 3 aliphatic heterocycles. The second-order valence-electron chi connectivity index (χ2n) is 26.7. The third-order valence-electron chi connectivity index (χ3n) is 19.8. The molecule has 6 rings (SSSR count). The monoisotopic (exact) mass is 1300 g/mol. The molecular formula is C65H99ClF3N11O11. The number of halogens is 4. The summed E-state index contributed by atoms with van der Waals surface area (Å²) in [7, 11) is 7.28. The third kappa shape index (κ3) is 17.6. The quantitative estimate of drug-likeness (QED) is 0.229. The van der Waals surface area contributed by atoms with Crippen molar-refractivity contribution in [3.8, 4) is 0 Å². The van der Waals surface area contributed by atoms with Gasteiger partial charge in [-0.3, -0.25) is 52.7 Å². The molecule has 26 heteroatoms. The SMILES string of the molecule is CCC[C@H]1C(=O)N[C@@H]([C@@H](C)CC)C(=O)N(C)[C@@H](C)C(=O)N2CC[C@H]2C(=O)N(C)[C@@H](CC2CCCCC2)C(=O)N(C)CC(=O)N[C@@H](CCc2ccc(C(F)(F)F)c(Cl)c2)C(=O)N2CCC[C@H]2C(=O)NC2(CCCC2)C(=O)N(C)[C@@H](C(C)C)C(=O)N[C@H](C)CC(=O)N1C. The summed E-state index contributed by atoms with van der Waals surface area (Å²) in [6.07, 6.45) is 2.89. The molecule has 0 radical (unpaired) electrons. The molecule has 11 amide bonds. The largest absolute Gasteiger partial charge is 0.417 e. The summed E-state index contributed by atoms with van der Waals surface area (Å²) in [6.45, 7) is 11.8. The molecule has 10 atom stereocenters. The van der Waals surface area contributed by atoms with Crippen molar-refractivity contribution in [2.24, 2.45) is 17.8 Å². The van der Waals surface area contributed by atoms with Crippen molar-refractivity contribution in [2.75, 3.05) is 54.9 Å². The zero-order valence-electron chi connectivity index (χ0n) is 55.3. The van der Waals surface area contributed by atoms with Crippen LogP contribution in [0.15, 0.2) is 18.2 Å². The molecule has 91 heavy (non-hydrogen) atoms. The molecule has 2 saturated carbocycles. The van der Waals surface area contributed by atoms with Gasteiger partial charge in [0, 0.05) is 60.8 Å². The van der Waals surface area contributed by atoms with Gasteiger partial charge in [-0.05, 0) is 107 Å². The van der Waals surface area contributed by atoms with E-state index in [0.717, 1.165) is 49.1 Å². The van der Waals surface area contributed by atoms with Crippen molar-refractivity contribution in [2.45, 2.75) is 237 Å². The maximum Gasteiger partial charge on any atom is 0.417 e. The molecule has 0 unspecified atom stereocenters. The van der Waals surface area contributed by atoms with Crippen molar-refractivity contribution >= 4 is 76.6 Å². The lowest BCUT2D eigenvalue weighted by atomic mass is 9.84. The summed E-state index contributed by atoms with van der Waals surface area (Å²) < 4.78 is 41.3. The molecule has 2 aliphatic carbocycles. The first-order valence-electron chi connectivity index (χ1n) is 32.8. The smallest absolute Gasteiger partial charge is 0.351 e. The number of hydrogen-bond acceptors (Lipinski definition) is 11. The average molecular weight is 1300 g/mol. The number of alkyl halides is 3. The zero-order valence-corrected chi connectivity index (χ0v) is 56.1. The lowest BCUT2D eigenvalue weighted by Gasteiger charge is -2.45. The summed E-state index contributed by atoms with van der Waals surface area (Å²) in [4.78, 5) is 170. The van der Waals surface area contributed by atoms with Crippen LogP contribution in [0, 0.1) is 17.8 Å². The van der Waals surface area contributed by atoms with Crippen LogP contribution in [0.3, 0.4) is 0 Å². The van der Waals surface area contributed by atoms with Crippen LogP contribution < -0.4 is 21.3 Å². The fraction of sp³-hybridized carbons (Fsp3) is 0.738. The summed E-state index contributed by atoms with van der Waals surface area (Å²) in [5.74, 6) is -7.43. The van der Waals surface area contributed by atoms with E-state index in [-0.39, 0.29) is 76.8 Å². The topological polar surface area (TPSA) is 259 Å². The molecule has 22 nitrogen and oxygen atoms in total. The van der Waals surface area contributed by atoms with Crippen LogP contribution >= 0.6 is 11.6 Å². The second kappa shape index (κ2) is 31.9. The van der Waals surface area contributed by atoms with Crippen LogP contribution in [-0.2, 0) is 65.3 Å². The molecule has 1 aromatic carbocycles. The van der Waals surface area contributed by atoms with Gasteiger partial charge in [0.1, 0.15) is 53.9 Å². The fourth-order valence-corrected chi connectivity index (χ4v) is 14.1. The number of fused-ring (bicyclic) bond motifs is 2. The van der Waals surface area contributed by atoms with Crippen LogP contribution in [0.1, 0.15) is 175 Å². The fourth-order valence-electron chi connectivity index (χ4n) is 13.8. The predicted octanol–water partition coefficient (Wildman–Crippen LogP) is 5.45. The van der Waals surface area contributed by atoms with E-state index in [1.807, 2.05) is 13.8 Å². The summed E-state index contributed by atoms with van der Waals surface area (Å²) >= 11 is 6.12. The maximum absolute atomic E-state index is 15.0. The van der Waals surface area contributed by atoms with Crippen LogP contribution in [0.5, 0.6) is 0 Å². The standard InChI is InChI=1S/C65H99ClF3N11O11/c1-13-21-47-55(83)72-53(39(5)14-2)62(90)75(9)41(7)58(86)80-33-29-49(80)61(89)77(11)50(36-42-22-16-15-17-23-42)60(88)74(8)37-51(81)71-46(28-26-43-25-27-44(45(66)35-43)65(67,68)69)59(87)79-32-20-24-48(79)56(84)73-64(30-18-19-31-64)63(91)78(12)54(38(3)4)57(85)70-40(6)34-52(82)76(47)10/h25,27,35,38-42,46-50,53-54H,13-24,26,28-34,36-37H2,1-12H3,(H,70,85)(H,71,81)(H,72,83)(H,73,84)/t39-,40+,41-,46-,47-,48-,49-,50-,53-,54-/m0/s1. The van der Waals surface area contributed by atoms with Gasteiger partial charge in [-0.15, -0.1) is 0 Å². The van der Waals surface area contributed by atoms with Gasteiger partial charge in [0.15, 0.2) is 0 Å². The minimum atomic E-state index is -4.74. The predicted molar refractivity (Wildman–Crippen MR) is 335 cm³/mol. The van der Waals surface area contributed by atoms with Crippen molar-refractivity contribution < 1.29 is 65.9 Å². The van der Waals surface area contributed by atoms with Gasteiger partial charge in [0.2, 0.25) is 65.0 Å². The van der Waals surface area contributed by atoms with E-state index in [0.29, 0.717) is 37.7 Å². The lowest BCUT2D eigenvalue weighted by molar-refractivity contribution is -0.160. The zero-order chi connectivity index (χ0) is 67.6. The Hall–Kier alpha value is -6.53. The third-order valence-corrected chi connectivity index (χ3v) is 20.1. The first-order valence-corrected chi connectivity index (χ1v) is 33.2. The maximum atomic E-state index is 15.0. The molecule has 0 aromatic heterocycles. The van der Waals surface area contributed by atoms with Crippen LogP contribution in [0.4, 0.5) is 13.2 Å². The van der Waals surface area contributed by atoms with Gasteiger partial charge in [-0.25, -0.2) is 0 Å². The van der Waals surface area contributed by atoms with E-state index >= 15 is 4.79 Å². The Kier molecular flexibility index (Phi) is 25.7. The molecular weight excluding hydrogens is 1200 g/mol. The van der Waals surface area contributed by atoms with Crippen LogP contribution in [0.2, 0.25) is 5.02 Å². The van der Waals surface area contributed by atoms with Gasteiger partial charge in [0.05, 0.1) is 17.1 Å². The van der Waals surface area contributed by atoms with E-state index in [2.05, 4.69) is 21.3 Å². The molecule has 5 aliphatic rings. The molecule has 3 heterocycles. The Morgan fingerprint density at radius 3 is 1.88 bits per heavy atom. The van der Waals surface area contributed by atoms with Gasteiger partial charge in [0.25, 0.3) is 0 Å². The molecule has 5 fully saturated rings. The van der Waals surface area contributed by atoms with Gasteiger partial charge in [-0.1, -0.05) is 110 Å². The average Bonchev–Trinajstić information content (AvgIpc) is 1.79. The van der Waals surface area contributed by atoms with E-state index in [1.165, 1.54) is 77.6 Å². The molecule has 508 valence electrons. The van der Waals surface area contributed by atoms with E-state index < -0.39 is 160 Å². The van der Waals surface area contributed by atoms with Crippen LogP contribution in [0.25, 0.3) is 0 Å². The summed E-state index contributed by atoms with van der Waals surface area (Å²) in [5.41, 5.74) is -2.24. The van der Waals surface area contributed by atoms with Gasteiger partial charge in [-0.2, -0.15) is 13.2 Å². The lowest BCUT2D eigenvalue weighted by Crippen LogP contribution is -2.65. The minimum Gasteiger partial charge on any atom is -0.351 e. The molecule has 4 N–H and O–H groups in total. The number of benzene rings is 1. The van der Waals surface area contributed by atoms with Gasteiger partial charge >= 0.3 is 6.18 Å². The number of aryl methyl sites for hydroxylation is 1. The Morgan fingerprint density at radius 2 is 1.30 bits per heavy atom. The Morgan fingerprint density at radius 1 is 0.648 bits per heavy atom. The Balaban J connectivity index is 1.37. The number of carbonyl (C=O) groups is 11. The molecule has 0 bridgehead atoms. The summed E-state index contributed by atoms with van der Waals surface area (Å²) in [6, 6.07) is -6.64. The Bertz CT molecular complexity index is 2830. The van der Waals surface area contributed by atoms with Crippen LogP contribution in [-0.4, -0.2) is 214 Å². The molecule has 1 spiro atoms. The number of likely N-dealkylation sites (N-methyl/N-ethyl adjacent to an activating group) is 5. The minimum absolute atomic E-state index is 0.0398. The van der Waals surface area contributed by atoms with Gasteiger partial charge < -0.3 is 55.6 Å². The van der Waals surface area contributed by atoms with Crippen molar-refractivity contribution in [3.63, 3.8) is 0 Å². The molecule has 1 aromatic rings. The first kappa shape index (κ1) is 73.5. The van der Waals surface area contributed by atoms with Crippen molar-refractivity contribution in [1.82, 2.24) is 55.6 Å². The van der Waals surface area contributed by atoms with E-state index in [4.69, 9.17) is 11.6 Å². The highest BCUT2D eigenvalue weighted by Crippen LogP contribution is 2.37. The highest BCUT2D eigenvalue weighted by molar-refractivity contribution is 6.31. The highest BCUT2D eigenvalue weighted by atomic mass is 35.5. The van der Waals surface area contributed by atoms with E-state index in [1.54, 1.807) is 27.7 Å². The number of carbonyl (C=O) groups excluding carboxylic acids is 11.